The van der Waals surface area contributed by atoms with Crippen LogP contribution in [0.2, 0.25) is 10.0 Å². The normalized spacial score (nSPS) is 14.2. The second kappa shape index (κ2) is 6.39. The molecule has 0 amide bonds. The molecule has 0 radical (unpaired) electrons. The predicted octanol–water partition coefficient (Wildman–Crippen LogP) is 4.76. The summed E-state index contributed by atoms with van der Waals surface area (Å²) in [6, 6.07) is 6.14. The van der Waals surface area contributed by atoms with Gasteiger partial charge in [0.1, 0.15) is 0 Å². The quantitative estimate of drug-likeness (QED) is 0.878. The number of hydrogen-bond acceptors (Lipinski definition) is 2. The highest BCUT2D eigenvalue weighted by atomic mass is 35.5. The van der Waals surface area contributed by atoms with Crippen LogP contribution in [0, 0.1) is 13.8 Å². The van der Waals surface area contributed by atoms with Gasteiger partial charge in [0.2, 0.25) is 0 Å². The van der Waals surface area contributed by atoms with Crippen LogP contribution >= 0.6 is 23.2 Å². The van der Waals surface area contributed by atoms with Gasteiger partial charge >= 0.3 is 0 Å². The lowest BCUT2D eigenvalue weighted by Crippen LogP contribution is -2.23. The van der Waals surface area contributed by atoms with E-state index in [0.717, 1.165) is 11.3 Å². The van der Waals surface area contributed by atoms with Gasteiger partial charge in [0.15, 0.2) is 0 Å². The van der Waals surface area contributed by atoms with Gasteiger partial charge in [0.25, 0.3) is 0 Å². The molecule has 0 spiro atoms. The Morgan fingerprint density at radius 2 is 1.76 bits per heavy atom. The maximum Gasteiger partial charge on any atom is 0.0644 e. The fourth-order valence-corrected chi connectivity index (χ4v) is 3.06. The van der Waals surface area contributed by atoms with Crippen molar-refractivity contribution in [2.75, 3.05) is 0 Å². The van der Waals surface area contributed by atoms with Crippen molar-refractivity contribution in [3.8, 4) is 0 Å². The number of aromatic nitrogens is 2. The van der Waals surface area contributed by atoms with Crippen LogP contribution in [0.3, 0.4) is 0 Å². The van der Waals surface area contributed by atoms with Gasteiger partial charge in [-0.15, -0.1) is 0 Å². The van der Waals surface area contributed by atoms with E-state index in [0.29, 0.717) is 10.0 Å². The molecule has 5 heteroatoms. The lowest BCUT2D eigenvalue weighted by molar-refractivity contribution is 0.491. The van der Waals surface area contributed by atoms with Gasteiger partial charge in [-0.25, -0.2) is 0 Å². The van der Waals surface area contributed by atoms with E-state index in [2.05, 4.69) is 31.2 Å². The lowest BCUT2D eigenvalue weighted by atomic mass is 10.0. The van der Waals surface area contributed by atoms with E-state index in [4.69, 9.17) is 23.2 Å². The van der Waals surface area contributed by atoms with Crippen molar-refractivity contribution in [3.05, 3.63) is 50.8 Å². The zero-order valence-electron chi connectivity index (χ0n) is 13.0. The van der Waals surface area contributed by atoms with Gasteiger partial charge in [0, 0.05) is 30.4 Å². The van der Waals surface area contributed by atoms with Crippen molar-refractivity contribution in [2.45, 2.75) is 39.8 Å². The van der Waals surface area contributed by atoms with Crippen molar-refractivity contribution in [1.29, 1.82) is 0 Å². The highest BCUT2D eigenvalue weighted by Crippen LogP contribution is 2.28. The van der Waals surface area contributed by atoms with E-state index >= 15 is 0 Å². The summed E-state index contributed by atoms with van der Waals surface area (Å²) in [6.07, 6.45) is 0. The summed E-state index contributed by atoms with van der Waals surface area (Å²) in [5.74, 6) is 0. The summed E-state index contributed by atoms with van der Waals surface area (Å²) >= 11 is 12.1. The number of halogens is 2. The monoisotopic (exact) mass is 325 g/mol. The van der Waals surface area contributed by atoms with E-state index in [-0.39, 0.29) is 12.1 Å². The molecule has 0 bridgehead atoms. The minimum Gasteiger partial charge on any atom is -0.304 e. The van der Waals surface area contributed by atoms with Crippen LogP contribution in [0.1, 0.15) is 48.4 Å². The Morgan fingerprint density at radius 3 is 2.29 bits per heavy atom. The first-order chi connectivity index (χ1) is 9.81. The number of hydrogen-bond donors (Lipinski definition) is 1. The van der Waals surface area contributed by atoms with Crippen molar-refractivity contribution in [2.24, 2.45) is 7.05 Å². The van der Waals surface area contributed by atoms with Gasteiger partial charge in [-0.1, -0.05) is 29.3 Å². The zero-order chi connectivity index (χ0) is 15.7. The highest BCUT2D eigenvalue weighted by Gasteiger charge is 2.18. The van der Waals surface area contributed by atoms with Crippen LogP contribution in [-0.4, -0.2) is 9.78 Å². The molecule has 21 heavy (non-hydrogen) atoms. The van der Waals surface area contributed by atoms with Crippen LogP contribution in [0.25, 0.3) is 0 Å². The number of aryl methyl sites for hydroxylation is 2. The third-order valence-electron chi connectivity index (χ3n) is 3.94. The zero-order valence-corrected chi connectivity index (χ0v) is 14.5. The average molecular weight is 326 g/mol. The van der Waals surface area contributed by atoms with E-state index in [1.54, 1.807) is 0 Å². The molecule has 0 aliphatic heterocycles. The van der Waals surface area contributed by atoms with E-state index < -0.39 is 0 Å². The fraction of sp³-hybridized carbons (Fsp3) is 0.438. The summed E-state index contributed by atoms with van der Waals surface area (Å²) in [7, 11) is 1.97. The van der Waals surface area contributed by atoms with Crippen molar-refractivity contribution in [3.63, 3.8) is 0 Å². The minimum absolute atomic E-state index is 0.175. The molecule has 2 aromatic rings. The van der Waals surface area contributed by atoms with Gasteiger partial charge in [0.05, 0.1) is 15.7 Å². The SMILES string of the molecule is Cc1nn(C)c(C)c1C(C)NC(C)c1ccc(Cl)c(Cl)c1. The Balaban J connectivity index is 2.18. The van der Waals surface area contributed by atoms with Gasteiger partial charge < -0.3 is 5.32 Å². The molecular weight excluding hydrogens is 305 g/mol. The second-order valence-corrected chi connectivity index (χ2v) is 6.31. The molecule has 2 unspecified atom stereocenters. The fourth-order valence-electron chi connectivity index (χ4n) is 2.75. The molecule has 0 saturated heterocycles. The lowest BCUT2D eigenvalue weighted by Gasteiger charge is -2.21. The number of rotatable bonds is 4. The molecular formula is C16H21Cl2N3. The van der Waals surface area contributed by atoms with Crippen molar-refractivity contribution in [1.82, 2.24) is 15.1 Å². The van der Waals surface area contributed by atoms with Gasteiger partial charge in [-0.05, 0) is 45.4 Å². The Hall–Kier alpha value is -1.03. The molecule has 1 aromatic heterocycles. The Kier molecular flexibility index (Phi) is 4.97. The van der Waals surface area contributed by atoms with Crippen molar-refractivity contribution < 1.29 is 0 Å². The maximum absolute atomic E-state index is 6.09. The molecule has 1 aromatic carbocycles. The Labute approximate surface area is 136 Å². The maximum atomic E-state index is 6.09. The molecule has 114 valence electrons. The smallest absolute Gasteiger partial charge is 0.0644 e. The van der Waals surface area contributed by atoms with Crippen LogP contribution < -0.4 is 5.32 Å². The Bertz CT molecular complexity index is 649. The molecule has 0 saturated carbocycles. The standard InChI is InChI=1S/C16H21Cl2N3/c1-9(13-6-7-14(17)15(18)8-13)19-10(2)16-11(3)20-21(5)12(16)4/h6-10,19H,1-5H3. The molecule has 3 nitrogen and oxygen atoms in total. The first-order valence-electron chi connectivity index (χ1n) is 7.02. The van der Waals surface area contributed by atoms with E-state index in [1.807, 2.05) is 36.9 Å². The number of nitrogens with one attached hydrogen (secondary N) is 1. The number of nitrogens with zero attached hydrogens (tertiary/aromatic N) is 2. The van der Waals surface area contributed by atoms with Crippen molar-refractivity contribution >= 4 is 23.2 Å². The largest absolute Gasteiger partial charge is 0.304 e. The molecule has 0 aliphatic carbocycles. The second-order valence-electron chi connectivity index (χ2n) is 5.49. The molecule has 1 heterocycles. The third kappa shape index (κ3) is 3.42. The van der Waals surface area contributed by atoms with Crippen LogP contribution in [0.4, 0.5) is 0 Å². The van der Waals surface area contributed by atoms with E-state index in [9.17, 15) is 0 Å². The number of benzene rings is 1. The molecule has 2 atom stereocenters. The van der Waals surface area contributed by atoms with Crippen LogP contribution in [0.15, 0.2) is 18.2 Å². The molecule has 0 fully saturated rings. The topological polar surface area (TPSA) is 29.9 Å². The molecule has 0 aliphatic rings. The molecule has 2 rings (SSSR count). The first kappa shape index (κ1) is 16.3. The third-order valence-corrected chi connectivity index (χ3v) is 4.68. The highest BCUT2D eigenvalue weighted by molar-refractivity contribution is 6.42. The van der Waals surface area contributed by atoms with Gasteiger partial charge in [-0.2, -0.15) is 5.10 Å². The summed E-state index contributed by atoms with van der Waals surface area (Å²) in [6.45, 7) is 8.42. The molecule has 1 N–H and O–H groups in total. The predicted molar refractivity (Wildman–Crippen MR) is 89.1 cm³/mol. The first-order valence-corrected chi connectivity index (χ1v) is 7.78. The van der Waals surface area contributed by atoms with Gasteiger partial charge in [-0.3, -0.25) is 4.68 Å². The summed E-state index contributed by atoms with van der Waals surface area (Å²) in [5, 5.41) is 9.24. The van der Waals surface area contributed by atoms with E-state index in [1.165, 1.54) is 11.3 Å². The summed E-state index contributed by atoms with van der Waals surface area (Å²) in [4.78, 5) is 0. The summed E-state index contributed by atoms with van der Waals surface area (Å²) in [5.41, 5.74) is 4.63. The van der Waals surface area contributed by atoms with Crippen LogP contribution in [-0.2, 0) is 7.05 Å². The Morgan fingerprint density at radius 1 is 1.10 bits per heavy atom. The summed E-state index contributed by atoms with van der Waals surface area (Å²) < 4.78 is 1.92. The van der Waals surface area contributed by atoms with Crippen LogP contribution in [0.5, 0.6) is 0 Å². The average Bonchev–Trinajstić information content (AvgIpc) is 2.66. The minimum atomic E-state index is 0.175.